The van der Waals surface area contributed by atoms with Crippen molar-refractivity contribution < 1.29 is 33.6 Å². The molecule has 0 amide bonds. The van der Waals surface area contributed by atoms with E-state index in [1.807, 2.05) is 50.2 Å². The topological polar surface area (TPSA) is 95.8 Å². The Morgan fingerprint density at radius 2 is 1.41 bits per heavy atom. The fourth-order valence-electron chi connectivity index (χ4n) is 4.06. The van der Waals surface area contributed by atoms with Crippen molar-refractivity contribution in [2.24, 2.45) is 4.99 Å². The minimum atomic E-state index is -1.18. The lowest BCUT2D eigenvalue weighted by Gasteiger charge is -2.24. The van der Waals surface area contributed by atoms with E-state index in [0.717, 1.165) is 16.7 Å². The number of carbonyl (C=O) groups is 1. The van der Waals surface area contributed by atoms with Gasteiger partial charge in [0, 0.05) is 17.3 Å². The molecular formula is C26H31NO7. The lowest BCUT2D eigenvalue weighted by molar-refractivity contribution is -0.150. The minimum absolute atomic E-state index is 0.191. The van der Waals surface area contributed by atoms with Crippen molar-refractivity contribution in [1.82, 2.24) is 0 Å². The van der Waals surface area contributed by atoms with Crippen molar-refractivity contribution in [2.45, 2.75) is 44.5 Å². The van der Waals surface area contributed by atoms with Gasteiger partial charge in [-0.25, -0.2) is 4.79 Å². The van der Waals surface area contributed by atoms with Crippen molar-refractivity contribution in [3.63, 3.8) is 0 Å². The van der Waals surface area contributed by atoms with E-state index in [-0.39, 0.29) is 6.61 Å². The van der Waals surface area contributed by atoms with Crippen LogP contribution in [-0.4, -0.2) is 56.4 Å². The maximum atomic E-state index is 12.6. The first-order valence-electron chi connectivity index (χ1n) is 11.5. The van der Waals surface area contributed by atoms with Crippen LogP contribution < -0.4 is 0 Å². The summed E-state index contributed by atoms with van der Waals surface area (Å²) in [5, 5.41) is 11.0. The number of aliphatic hydroxyl groups excluding tert-OH is 1. The number of aliphatic hydroxyl groups is 1. The molecule has 2 aromatic carbocycles. The maximum Gasteiger partial charge on any atom is 0.333 e. The molecule has 0 saturated carbocycles. The van der Waals surface area contributed by atoms with E-state index in [4.69, 9.17) is 23.7 Å². The molecular weight excluding hydrogens is 438 g/mol. The maximum absolute atomic E-state index is 12.6. The lowest BCUT2D eigenvalue weighted by Crippen LogP contribution is -2.29. The van der Waals surface area contributed by atoms with Gasteiger partial charge in [-0.1, -0.05) is 48.5 Å². The number of esters is 1. The van der Waals surface area contributed by atoms with Gasteiger partial charge in [0.1, 0.15) is 6.10 Å². The summed E-state index contributed by atoms with van der Waals surface area (Å²) < 4.78 is 27.9. The first kappa shape index (κ1) is 24.5. The van der Waals surface area contributed by atoms with Gasteiger partial charge in [0.05, 0.1) is 33.0 Å². The van der Waals surface area contributed by atoms with Gasteiger partial charge in [-0.3, -0.25) is 4.99 Å². The van der Waals surface area contributed by atoms with Gasteiger partial charge in [0.2, 0.25) is 0 Å². The van der Waals surface area contributed by atoms with E-state index in [0.29, 0.717) is 32.0 Å². The zero-order chi connectivity index (χ0) is 24.2. The summed E-state index contributed by atoms with van der Waals surface area (Å²) in [7, 11) is 0. The highest BCUT2D eigenvalue weighted by molar-refractivity contribution is 5.84. The summed E-state index contributed by atoms with van der Waals surface area (Å²) in [6.45, 7) is 7.81. The Bertz CT molecular complexity index is 991. The summed E-state index contributed by atoms with van der Waals surface area (Å²) in [4.78, 5) is 17.0. The van der Waals surface area contributed by atoms with Crippen LogP contribution in [0.4, 0.5) is 0 Å². The molecule has 0 spiro atoms. The van der Waals surface area contributed by atoms with Crippen molar-refractivity contribution >= 4 is 12.2 Å². The first-order valence-corrected chi connectivity index (χ1v) is 11.5. The Hall–Kier alpha value is -2.62. The summed E-state index contributed by atoms with van der Waals surface area (Å²) in [6.07, 6.45) is 0.379. The minimum Gasteiger partial charge on any atom is -0.464 e. The van der Waals surface area contributed by atoms with Crippen LogP contribution in [0, 0.1) is 0 Å². The molecule has 2 atom stereocenters. The van der Waals surface area contributed by atoms with Crippen LogP contribution in [0.3, 0.4) is 0 Å². The van der Waals surface area contributed by atoms with Gasteiger partial charge in [0.25, 0.3) is 0 Å². The first-order chi connectivity index (χ1) is 16.3. The fraction of sp³-hybridized carbons (Fsp3) is 0.462. The molecule has 0 bridgehead atoms. The standard InChI is InChI=1S/C26H31NO7/c1-4-30-24(29)22(23(28)19-7-11-21(12-8-19)26(3)33-15-16-34-26)27-17-18-5-9-20(10-6-18)25(2)31-13-14-32-25/h5-12,17,22-23,28H,4,13-16H2,1-3H3/t22-,23?/m0/s1. The molecule has 2 aromatic rings. The molecule has 2 saturated heterocycles. The monoisotopic (exact) mass is 469 g/mol. The summed E-state index contributed by atoms with van der Waals surface area (Å²) in [5.41, 5.74) is 3.04. The number of carbonyl (C=O) groups excluding carboxylic acids is 1. The molecule has 2 aliphatic rings. The summed E-state index contributed by atoms with van der Waals surface area (Å²) in [6, 6.07) is 13.5. The third-order valence-corrected chi connectivity index (χ3v) is 6.10. The van der Waals surface area contributed by atoms with Crippen LogP contribution in [0.25, 0.3) is 0 Å². The molecule has 0 aliphatic carbocycles. The fourth-order valence-corrected chi connectivity index (χ4v) is 4.06. The van der Waals surface area contributed by atoms with E-state index < -0.39 is 29.7 Å². The highest BCUT2D eigenvalue weighted by Crippen LogP contribution is 2.32. The van der Waals surface area contributed by atoms with Crippen molar-refractivity contribution in [3.05, 3.63) is 70.8 Å². The van der Waals surface area contributed by atoms with E-state index in [9.17, 15) is 9.90 Å². The second kappa shape index (κ2) is 10.3. The van der Waals surface area contributed by atoms with Crippen LogP contribution >= 0.6 is 0 Å². The highest BCUT2D eigenvalue weighted by atomic mass is 16.7. The van der Waals surface area contributed by atoms with Gasteiger partial charge < -0.3 is 28.8 Å². The molecule has 34 heavy (non-hydrogen) atoms. The predicted molar refractivity (Wildman–Crippen MR) is 124 cm³/mol. The summed E-state index contributed by atoms with van der Waals surface area (Å²) in [5.74, 6) is -2.15. The molecule has 2 fully saturated rings. The SMILES string of the molecule is CCOC(=O)[C@@H](N=Cc1ccc(C2(C)OCCO2)cc1)C(O)c1ccc(C2(C)OCCO2)cc1. The number of rotatable bonds is 8. The van der Waals surface area contributed by atoms with E-state index >= 15 is 0 Å². The van der Waals surface area contributed by atoms with Crippen LogP contribution in [0.1, 0.15) is 49.1 Å². The van der Waals surface area contributed by atoms with Gasteiger partial charge in [-0.05, 0) is 31.9 Å². The number of hydrogen-bond donors (Lipinski definition) is 1. The van der Waals surface area contributed by atoms with Crippen LogP contribution in [0.2, 0.25) is 0 Å². The largest absolute Gasteiger partial charge is 0.464 e. The molecule has 2 heterocycles. The number of hydrogen-bond acceptors (Lipinski definition) is 8. The van der Waals surface area contributed by atoms with E-state index in [2.05, 4.69) is 4.99 Å². The Balaban J connectivity index is 1.51. The average molecular weight is 470 g/mol. The van der Waals surface area contributed by atoms with Gasteiger partial charge >= 0.3 is 5.97 Å². The zero-order valence-electron chi connectivity index (χ0n) is 19.7. The van der Waals surface area contributed by atoms with Crippen molar-refractivity contribution in [2.75, 3.05) is 33.0 Å². The average Bonchev–Trinajstić information content (AvgIpc) is 3.50. The predicted octanol–water partition coefficient (Wildman–Crippen LogP) is 3.21. The number of nitrogens with zero attached hydrogens (tertiary/aromatic N) is 1. The second-order valence-corrected chi connectivity index (χ2v) is 8.45. The zero-order valence-corrected chi connectivity index (χ0v) is 19.7. The third-order valence-electron chi connectivity index (χ3n) is 6.10. The summed E-state index contributed by atoms with van der Waals surface area (Å²) >= 11 is 0. The molecule has 4 rings (SSSR count). The quantitative estimate of drug-likeness (QED) is 0.468. The van der Waals surface area contributed by atoms with Crippen molar-refractivity contribution in [3.8, 4) is 0 Å². The van der Waals surface area contributed by atoms with Crippen LogP contribution in [-0.2, 0) is 40.1 Å². The number of benzene rings is 2. The normalized spacial score (nSPS) is 20.9. The molecule has 8 heteroatoms. The molecule has 1 N–H and O–H groups in total. The Kier molecular flexibility index (Phi) is 7.45. The van der Waals surface area contributed by atoms with Gasteiger partial charge in [-0.2, -0.15) is 0 Å². The molecule has 8 nitrogen and oxygen atoms in total. The number of ether oxygens (including phenoxy) is 5. The van der Waals surface area contributed by atoms with E-state index in [1.54, 1.807) is 25.3 Å². The Labute approximate surface area is 199 Å². The van der Waals surface area contributed by atoms with Gasteiger partial charge in [0.15, 0.2) is 17.6 Å². The third kappa shape index (κ3) is 5.21. The van der Waals surface area contributed by atoms with E-state index in [1.165, 1.54) is 0 Å². The Morgan fingerprint density at radius 1 is 0.941 bits per heavy atom. The number of aliphatic imine (C=N–C) groups is 1. The molecule has 2 aliphatic heterocycles. The molecule has 1 unspecified atom stereocenters. The van der Waals surface area contributed by atoms with Crippen LogP contribution in [0.15, 0.2) is 53.5 Å². The van der Waals surface area contributed by atoms with Crippen molar-refractivity contribution in [1.29, 1.82) is 0 Å². The van der Waals surface area contributed by atoms with Gasteiger partial charge in [-0.15, -0.1) is 0 Å². The molecule has 0 radical (unpaired) electrons. The molecule has 182 valence electrons. The Morgan fingerprint density at radius 3 is 1.88 bits per heavy atom. The second-order valence-electron chi connectivity index (χ2n) is 8.45. The van der Waals surface area contributed by atoms with Crippen LogP contribution in [0.5, 0.6) is 0 Å². The smallest absolute Gasteiger partial charge is 0.333 e. The molecule has 0 aromatic heterocycles. The highest BCUT2D eigenvalue weighted by Gasteiger charge is 2.35. The lowest BCUT2D eigenvalue weighted by atomic mass is 9.99.